The molecule has 0 heterocycles. The summed E-state index contributed by atoms with van der Waals surface area (Å²) in [5, 5.41) is 0. The highest BCUT2D eigenvalue weighted by Crippen LogP contribution is 2.18. The van der Waals surface area contributed by atoms with Crippen molar-refractivity contribution in [1.82, 2.24) is 4.72 Å². The van der Waals surface area contributed by atoms with E-state index in [0.717, 1.165) is 22.9 Å². The number of hydrogen-bond donors (Lipinski definition) is 2. The number of nitrogens with two attached hydrogens (primary N) is 1. The molecule has 0 saturated carbocycles. The maximum atomic E-state index is 11.9. The van der Waals surface area contributed by atoms with Gasteiger partial charge in [-0.2, -0.15) is 0 Å². The zero-order valence-corrected chi connectivity index (χ0v) is 13.4. The van der Waals surface area contributed by atoms with Crippen molar-refractivity contribution in [2.45, 2.75) is 24.7 Å². The Morgan fingerprint density at radius 2 is 1.94 bits per heavy atom. The van der Waals surface area contributed by atoms with Crippen LogP contribution in [0.5, 0.6) is 0 Å². The third-order valence-corrected chi connectivity index (χ3v) is 4.15. The number of sulfonamides is 1. The van der Waals surface area contributed by atoms with Crippen LogP contribution in [0.3, 0.4) is 0 Å². The fraction of sp³-hybridized carbons (Fsp3) is 0.455. The van der Waals surface area contributed by atoms with Crippen LogP contribution >= 0.6 is 28.3 Å². The van der Waals surface area contributed by atoms with Crippen molar-refractivity contribution in [1.29, 1.82) is 0 Å². The Morgan fingerprint density at radius 3 is 2.50 bits per heavy atom. The predicted octanol–water partition coefficient (Wildman–Crippen LogP) is 2.20. The molecule has 1 aromatic carbocycles. The first-order valence-corrected chi connectivity index (χ1v) is 7.70. The number of halogens is 2. The minimum Gasteiger partial charge on any atom is -0.330 e. The molecule has 18 heavy (non-hydrogen) atoms. The SMILES string of the molecule is Cc1cc(Br)cc(S(=O)(=O)NCCCCN)c1.Cl. The number of hydrogen-bond acceptors (Lipinski definition) is 3. The van der Waals surface area contributed by atoms with Gasteiger partial charge in [0.05, 0.1) is 4.90 Å². The van der Waals surface area contributed by atoms with E-state index in [0.29, 0.717) is 13.1 Å². The summed E-state index contributed by atoms with van der Waals surface area (Å²) in [5.74, 6) is 0. The van der Waals surface area contributed by atoms with Crippen molar-refractivity contribution < 1.29 is 8.42 Å². The van der Waals surface area contributed by atoms with Gasteiger partial charge in [-0.15, -0.1) is 12.4 Å². The Hall–Kier alpha value is -0.140. The zero-order valence-electron chi connectivity index (χ0n) is 10.1. The molecule has 7 heteroatoms. The van der Waals surface area contributed by atoms with Crippen molar-refractivity contribution in [3.8, 4) is 0 Å². The van der Waals surface area contributed by atoms with Crippen LogP contribution in [0.25, 0.3) is 0 Å². The second-order valence-corrected chi connectivity index (χ2v) is 6.54. The van der Waals surface area contributed by atoms with Gasteiger partial charge < -0.3 is 5.73 Å². The highest BCUT2D eigenvalue weighted by atomic mass is 79.9. The van der Waals surface area contributed by atoms with Gasteiger partial charge in [0, 0.05) is 11.0 Å². The summed E-state index contributed by atoms with van der Waals surface area (Å²) in [6, 6.07) is 5.11. The third kappa shape index (κ3) is 5.67. The molecule has 0 saturated heterocycles. The molecule has 3 N–H and O–H groups in total. The lowest BCUT2D eigenvalue weighted by atomic mass is 10.2. The standard InChI is InChI=1S/C11H17BrN2O2S.ClH/c1-9-6-10(12)8-11(7-9)17(15,16)14-5-3-2-4-13;/h6-8,14H,2-5,13H2,1H3;1H. The Bertz CT molecular complexity index is 460. The van der Waals surface area contributed by atoms with Gasteiger partial charge >= 0.3 is 0 Å². The molecule has 4 nitrogen and oxygen atoms in total. The smallest absolute Gasteiger partial charge is 0.240 e. The monoisotopic (exact) mass is 356 g/mol. The van der Waals surface area contributed by atoms with Gasteiger partial charge in [0.25, 0.3) is 0 Å². The third-order valence-electron chi connectivity index (χ3n) is 2.25. The summed E-state index contributed by atoms with van der Waals surface area (Å²) in [4.78, 5) is 0.289. The molecular weight excluding hydrogens is 340 g/mol. The van der Waals surface area contributed by atoms with Gasteiger partial charge in [-0.3, -0.25) is 0 Å². The summed E-state index contributed by atoms with van der Waals surface area (Å²) in [6.45, 7) is 2.86. The van der Waals surface area contributed by atoms with E-state index < -0.39 is 10.0 Å². The largest absolute Gasteiger partial charge is 0.330 e. The number of aryl methyl sites for hydroxylation is 1. The summed E-state index contributed by atoms with van der Waals surface area (Å²) >= 11 is 3.29. The van der Waals surface area contributed by atoms with Crippen LogP contribution in [0.15, 0.2) is 27.6 Å². The minimum atomic E-state index is -3.41. The first-order valence-electron chi connectivity index (χ1n) is 5.42. The fourth-order valence-corrected chi connectivity index (χ4v) is 3.38. The minimum absolute atomic E-state index is 0. The average Bonchev–Trinajstić information content (AvgIpc) is 2.23. The molecule has 1 rings (SSSR count). The van der Waals surface area contributed by atoms with Crippen molar-refractivity contribution in [3.63, 3.8) is 0 Å². The topological polar surface area (TPSA) is 72.2 Å². The Morgan fingerprint density at radius 1 is 1.28 bits per heavy atom. The highest BCUT2D eigenvalue weighted by molar-refractivity contribution is 9.10. The summed E-state index contributed by atoms with van der Waals surface area (Å²) in [6.07, 6.45) is 1.57. The molecule has 0 spiro atoms. The average molecular weight is 358 g/mol. The van der Waals surface area contributed by atoms with Crippen molar-refractivity contribution in [3.05, 3.63) is 28.2 Å². The molecule has 0 unspecified atom stereocenters. The van der Waals surface area contributed by atoms with E-state index in [9.17, 15) is 8.42 Å². The molecule has 0 aliphatic carbocycles. The van der Waals surface area contributed by atoms with E-state index >= 15 is 0 Å². The molecule has 0 amide bonds. The lowest BCUT2D eigenvalue weighted by molar-refractivity contribution is 0.577. The maximum absolute atomic E-state index is 11.9. The second-order valence-electron chi connectivity index (χ2n) is 3.86. The zero-order chi connectivity index (χ0) is 12.9. The van der Waals surface area contributed by atoms with Crippen molar-refractivity contribution >= 4 is 38.4 Å². The van der Waals surface area contributed by atoms with Gasteiger partial charge in [0.1, 0.15) is 0 Å². The van der Waals surface area contributed by atoms with E-state index in [4.69, 9.17) is 5.73 Å². The summed E-state index contributed by atoms with van der Waals surface area (Å²) in [7, 11) is -3.41. The molecule has 1 aromatic rings. The van der Waals surface area contributed by atoms with Gasteiger partial charge in [0.15, 0.2) is 0 Å². The van der Waals surface area contributed by atoms with E-state index in [1.165, 1.54) is 0 Å². The van der Waals surface area contributed by atoms with E-state index in [2.05, 4.69) is 20.7 Å². The molecule has 0 aliphatic rings. The lowest BCUT2D eigenvalue weighted by Gasteiger charge is -2.07. The van der Waals surface area contributed by atoms with Crippen LogP contribution in [-0.2, 0) is 10.0 Å². The molecule has 104 valence electrons. The Balaban J connectivity index is 0.00000289. The molecule has 0 radical (unpaired) electrons. The van der Waals surface area contributed by atoms with Crippen LogP contribution in [0.2, 0.25) is 0 Å². The van der Waals surface area contributed by atoms with Gasteiger partial charge in [0.2, 0.25) is 10.0 Å². The molecule has 0 bridgehead atoms. The summed E-state index contributed by atoms with van der Waals surface area (Å²) < 4.78 is 27.2. The first kappa shape index (κ1) is 17.9. The fourth-order valence-electron chi connectivity index (χ4n) is 1.42. The first-order chi connectivity index (χ1) is 7.95. The van der Waals surface area contributed by atoms with Crippen LogP contribution in [0.4, 0.5) is 0 Å². The molecule has 0 atom stereocenters. The number of nitrogens with one attached hydrogen (secondary N) is 1. The molecular formula is C11H18BrClN2O2S. The lowest BCUT2D eigenvalue weighted by Crippen LogP contribution is -2.25. The van der Waals surface area contributed by atoms with Gasteiger partial charge in [-0.1, -0.05) is 15.9 Å². The molecule has 0 aliphatic heterocycles. The maximum Gasteiger partial charge on any atom is 0.240 e. The van der Waals surface area contributed by atoms with Crippen molar-refractivity contribution in [2.24, 2.45) is 5.73 Å². The molecule has 0 aromatic heterocycles. The van der Waals surface area contributed by atoms with Crippen LogP contribution in [0.1, 0.15) is 18.4 Å². The van der Waals surface area contributed by atoms with Crippen LogP contribution in [0, 0.1) is 6.92 Å². The predicted molar refractivity (Wildman–Crippen MR) is 79.6 cm³/mol. The van der Waals surface area contributed by atoms with Crippen molar-refractivity contribution in [2.75, 3.05) is 13.1 Å². The van der Waals surface area contributed by atoms with E-state index in [1.54, 1.807) is 12.1 Å². The number of unbranched alkanes of at least 4 members (excludes halogenated alkanes) is 1. The van der Waals surface area contributed by atoms with E-state index in [-0.39, 0.29) is 17.3 Å². The van der Waals surface area contributed by atoms with E-state index in [1.807, 2.05) is 13.0 Å². The summed E-state index contributed by atoms with van der Waals surface area (Å²) in [5.41, 5.74) is 6.25. The second kappa shape index (κ2) is 8.12. The number of rotatable bonds is 6. The quantitative estimate of drug-likeness (QED) is 0.767. The molecule has 0 fully saturated rings. The van der Waals surface area contributed by atoms with Gasteiger partial charge in [-0.25, -0.2) is 13.1 Å². The Kier molecular flexibility index (Phi) is 8.05. The Labute approximate surface area is 123 Å². The van der Waals surface area contributed by atoms with Crippen LogP contribution < -0.4 is 10.5 Å². The van der Waals surface area contributed by atoms with Crippen LogP contribution in [-0.4, -0.2) is 21.5 Å². The highest BCUT2D eigenvalue weighted by Gasteiger charge is 2.13. The number of benzene rings is 1. The normalized spacial score (nSPS) is 11.1. The van der Waals surface area contributed by atoms with Gasteiger partial charge in [-0.05, 0) is 50.1 Å².